The van der Waals surface area contributed by atoms with Crippen LogP contribution in [0.15, 0.2) is 48.5 Å². The minimum atomic E-state index is 0.714. The van der Waals surface area contributed by atoms with Gasteiger partial charge in [0.25, 0.3) is 0 Å². The molecule has 0 fully saturated rings. The molecule has 0 unspecified atom stereocenters. The van der Waals surface area contributed by atoms with Crippen molar-refractivity contribution in [3.05, 3.63) is 54.1 Å². The topological polar surface area (TPSA) is 12.5 Å². The van der Waals surface area contributed by atoms with Crippen LogP contribution in [0.25, 0.3) is 11.1 Å². The number of anilines is 1. The summed E-state index contributed by atoms with van der Waals surface area (Å²) < 4.78 is 5.90. The van der Waals surface area contributed by atoms with Crippen LogP contribution in [0.3, 0.4) is 0 Å². The van der Waals surface area contributed by atoms with Crippen LogP contribution >= 0.6 is 0 Å². The third-order valence-electron chi connectivity index (χ3n) is 5.07. The van der Waals surface area contributed by atoms with Crippen LogP contribution in [0.5, 0.6) is 0 Å². The molecule has 0 aliphatic carbocycles. The molecular formula is C23H31NO. The highest BCUT2D eigenvalue weighted by molar-refractivity contribution is 5.81. The smallest absolute Gasteiger partial charge is 0.118 e. The highest BCUT2D eigenvalue weighted by Crippen LogP contribution is 2.35. The SMILES string of the molecule is CCCCCCCCN1COCCc2cccc(-c3ccccc3)c21. The van der Waals surface area contributed by atoms with Crippen LogP contribution in [0, 0.1) is 0 Å². The van der Waals surface area contributed by atoms with Gasteiger partial charge in [0.15, 0.2) is 0 Å². The lowest BCUT2D eigenvalue weighted by atomic mass is 9.97. The van der Waals surface area contributed by atoms with Gasteiger partial charge in [-0.15, -0.1) is 0 Å². The maximum atomic E-state index is 5.90. The average molecular weight is 338 g/mol. The van der Waals surface area contributed by atoms with Crippen LogP contribution < -0.4 is 4.90 Å². The van der Waals surface area contributed by atoms with E-state index in [9.17, 15) is 0 Å². The summed E-state index contributed by atoms with van der Waals surface area (Å²) in [6.07, 6.45) is 8.98. The Bertz CT molecular complexity index is 638. The molecule has 1 aliphatic rings. The molecule has 0 amide bonds. The van der Waals surface area contributed by atoms with E-state index in [-0.39, 0.29) is 0 Å². The van der Waals surface area contributed by atoms with E-state index in [4.69, 9.17) is 4.74 Å². The first-order valence-corrected chi connectivity index (χ1v) is 9.90. The third-order valence-corrected chi connectivity index (χ3v) is 5.07. The van der Waals surface area contributed by atoms with E-state index in [2.05, 4.69) is 60.4 Å². The number of hydrogen-bond donors (Lipinski definition) is 0. The molecule has 2 aromatic rings. The molecule has 2 heteroatoms. The molecule has 0 saturated carbocycles. The van der Waals surface area contributed by atoms with Crippen molar-refractivity contribution in [1.29, 1.82) is 0 Å². The van der Waals surface area contributed by atoms with E-state index in [1.165, 1.54) is 60.9 Å². The maximum Gasteiger partial charge on any atom is 0.118 e. The van der Waals surface area contributed by atoms with Crippen molar-refractivity contribution in [3.63, 3.8) is 0 Å². The van der Waals surface area contributed by atoms with Gasteiger partial charge in [0, 0.05) is 17.8 Å². The van der Waals surface area contributed by atoms with Crippen LogP contribution in [-0.4, -0.2) is 19.9 Å². The summed E-state index contributed by atoms with van der Waals surface area (Å²) >= 11 is 0. The van der Waals surface area contributed by atoms with Crippen molar-refractivity contribution in [2.75, 3.05) is 24.8 Å². The number of para-hydroxylation sites is 1. The zero-order valence-corrected chi connectivity index (χ0v) is 15.5. The van der Waals surface area contributed by atoms with Crippen LogP contribution in [-0.2, 0) is 11.2 Å². The van der Waals surface area contributed by atoms with Gasteiger partial charge in [-0.25, -0.2) is 0 Å². The molecule has 134 valence electrons. The molecule has 2 nitrogen and oxygen atoms in total. The van der Waals surface area contributed by atoms with Gasteiger partial charge in [-0.05, 0) is 24.0 Å². The summed E-state index contributed by atoms with van der Waals surface area (Å²) in [6.45, 7) is 4.89. The molecule has 3 rings (SSSR count). The van der Waals surface area contributed by atoms with Gasteiger partial charge < -0.3 is 9.64 Å². The fourth-order valence-electron chi connectivity index (χ4n) is 3.70. The summed E-state index contributed by atoms with van der Waals surface area (Å²) in [5.41, 5.74) is 5.45. The molecule has 25 heavy (non-hydrogen) atoms. The first-order valence-electron chi connectivity index (χ1n) is 9.90. The first-order chi connectivity index (χ1) is 12.4. The average Bonchev–Trinajstić information content (AvgIpc) is 2.87. The summed E-state index contributed by atoms with van der Waals surface area (Å²) in [7, 11) is 0. The monoisotopic (exact) mass is 337 g/mol. The molecule has 0 saturated heterocycles. The highest BCUT2D eigenvalue weighted by Gasteiger charge is 2.19. The van der Waals surface area contributed by atoms with E-state index >= 15 is 0 Å². The molecule has 0 atom stereocenters. The second-order valence-corrected chi connectivity index (χ2v) is 7.00. The predicted molar refractivity (Wildman–Crippen MR) is 107 cm³/mol. The molecule has 0 radical (unpaired) electrons. The van der Waals surface area contributed by atoms with Crippen LogP contribution in [0.1, 0.15) is 51.0 Å². The largest absolute Gasteiger partial charge is 0.361 e. The molecule has 1 heterocycles. The first kappa shape index (κ1) is 18.0. The van der Waals surface area contributed by atoms with E-state index in [1.807, 2.05) is 0 Å². The number of fused-ring (bicyclic) bond motifs is 1. The zero-order valence-electron chi connectivity index (χ0n) is 15.5. The number of benzene rings is 2. The van der Waals surface area contributed by atoms with E-state index in [1.54, 1.807) is 0 Å². The Kier molecular flexibility index (Phi) is 6.93. The lowest BCUT2D eigenvalue weighted by Crippen LogP contribution is -2.27. The van der Waals surface area contributed by atoms with Crippen molar-refractivity contribution >= 4 is 5.69 Å². The Morgan fingerprint density at radius 2 is 1.68 bits per heavy atom. The minimum Gasteiger partial charge on any atom is -0.361 e. The number of hydrogen-bond acceptors (Lipinski definition) is 2. The van der Waals surface area contributed by atoms with Crippen molar-refractivity contribution in [3.8, 4) is 11.1 Å². The van der Waals surface area contributed by atoms with Gasteiger partial charge in [0.2, 0.25) is 0 Å². The van der Waals surface area contributed by atoms with Crippen molar-refractivity contribution in [1.82, 2.24) is 0 Å². The van der Waals surface area contributed by atoms with Crippen LogP contribution in [0.2, 0.25) is 0 Å². The fourth-order valence-corrected chi connectivity index (χ4v) is 3.70. The molecule has 1 aliphatic heterocycles. The van der Waals surface area contributed by atoms with E-state index in [0.717, 1.165) is 19.6 Å². The Labute approximate surface area is 152 Å². The van der Waals surface area contributed by atoms with Gasteiger partial charge in [0.05, 0.1) is 6.61 Å². The van der Waals surface area contributed by atoms with Gasteiger partial charge in [-0.1, -0.05) is 87.6 Å². The van der Waals surface area contributed by atoms with Gasteiger partial charge in [0.1, 0.15) is 6.73 Å². The van der Waals surface area contributed by atoms with Crippen molar-refractivity contribution in [2.24, 2.45) is 0 Å². The Morgan fingerprint density at radius 1 is 0.880 bits per heavy atom. The molecule has 0 spiro atoms. The summed E-state index contributed by atoms with van der Waals surface area (Å²) in [4.78, 5) is 2.46. The standard InChI is InChI=1S/C23H31NO/c1-2-3-4-5-6-10-17-24-19-25-18-16-21-14-11-15-22(23(21)24)20-12-8-7-9-13-20/h7-9,11-15H,2-6,10,16-19H2,1H3. The Hall–Kier alpha value is -1.80. The summed E-state index contributed by atoms with van der Waals surface area (Å²) in [6, 6.07) is 17.5. The number of rotatable bonds is 8. The quantitative estimate of drug-likeness (QED) is 0.544. The van der Waals surface area contributed by atoms with Gasteiger partial charge >= 0.3 is 0 Å². The van der Waals surface area contributed by atoms with Gasteiger partial charge in [-0.3, -0.25) is 0 Å². The Morgan fingerprint density at radius 3 is 2.52 bits per heavy atom. The molecular weight excluding hydrogens is 306 g/mol. The third kappa shape index (κ3) is 4.85. The number of ether oxygens (including phenoxy) is 1. The molecule has 2 aromatic carbocycles. The van der Waals surface area contributed by atoms with Crippen LogP contribution in [0.4, 0.5) is 5.69 Å². The van der Waals surface area contributed by atoms with Gasteiger partial charge in [-0.2, -0.15) is 0 Å². The molecule has 0 aromatic heterocycles. The lowest BCUT2D eigenvalue weighted by Gasteiger charge is -2.27. The summed E-state index contributed by atoms with van der Waals surface area (Å²) in [5, 5.41) is 0. The zero-order chi connectivity index (χ0) is 17.3. The normalized spacial score (nSPS) is 14.2. The number of nitrogens with zero attached hydrogens (tertiary/aromatic N) is 1. The second kappa shape index (κ2) is 9.62. The maximum absolute atomic E-state index is 5.90. The Balaban J connectivity index is 1.76. The van der Waals surface area contributed by atoms with E-state index in [0.29, 0.717) is 6.73 Å². The predicted octanol–water partition coefficient (Wildman–Crippen LogP) is 6.05. The van der Waals surface area contributed by atoms with Crippen molar-refractivity contribution in [2.45, 2.75) is 51.9 Å². The fraction of sp³-hybridized carbons (Fsp3) is 0.478. The van der Waals surface area contributed by atoms with Crippen molar-refractivity contribution < 1.29 is 4.74 Å². The second-order valence-electron chi connectivity index (χ2n) is 7.00. The molecule has 0 N–H and O–H groups in total. The highest BCUT2D eigenvalue weighted by atomic mass is 16.5. The lowest BCUT2D eigenvalue weighted by molar-refractivity contribution is 0.142. The van der Waals surface area contributed by atoms with E-state index < -0.39 is 0 Å². The number of unbranched alkanes of at least 4 members (excludes halogenated alkanes) is 5. The minimum absolute atomic E-state index is 0.714. The molecule has 0 bridgehead atoms. The summed E-state index contributed by atoms with van der Waals surface area (Å²) in [5.74, 6) is 0.